The van der Waals surface area contributed by atoms with E-state index in [4.69, 9.17) is 37.2 Å². The fourth-order valence-electron chi connectivity index (χ4n) is 2.79. The molecule has 0 saturated heterocycles. The first-order valence-corrected chi connectivity index (χ1v) is 13.3. The number of unbranched alkanes of at least 4 members (excludes halogenated alkanes) is 1. The van der Waals surface area contributed by atoms with Crippen LogP contribution in [0.4, 0.5) is 4.39 Å². The lowest BCUT2D eigenvalue weighted by Gasteiger charge is -2.03. The molecule has 0 aliphatic carbocycles. The van der Waals surface area contributed by atoms with E-state index < -0.39 is 17.2 Å². The number of nitrogens with zero attached hydrogens (tertiary/aromatic N) is 1. The zero-order chi connectivity index (χ0) is 30.1. The molecule has 40 heavy (non-hydrogen) atoms. The number of carbonyl (C=O) groups is 2. The van der Waals surface area contributed by atoms with Crippen LogP contribution in [0.1, 0.15) is 47.2 Å². The number of allylic oxidation sites excluding steroid dienone is 1. The molecule has 0 aliphatic heterocycles. The zero-order valence-electron chi connectivity index (χ0n) is 22.0. The highest BCUT2D eigenvalue weighted by Gasteiger charge is 2.17. The van der Waals surface area contributed by atoms with Crippen LogP contribution < -0.4 is 15.7 Å². The minimum absolute atomic E-state index is 0.00547. The van der Waals surface area contributed by atoms with Crippen molar-refractivity contribution < 1.29 is 33.0 Å². The molecule has 0 spiro atoms. The summed E-state index contributed by atoms with van der Waals surface area (Å²) in [7, 11) is 3.13. The van der Waals surface area contributed by atoms with Gasteiger partial charge in [-0.25, -0.2) is 9.18 Å². The fourth-order valence-corrected chi connectivity index (χ4v) is 3.95. The zero-order valence-corrected chi connectivity index (χ0v) is 24.4. The van der Waals surface area contributed by atoms with Gasteiger partial charge in [-0.3, -0.25) is 9.59 Å². The van der Waals surface area contributed by atoms with Crippen LogP contribution in [-0.4, -0.2) is 36.5 Å². The van der Waals surface area contributed by atoms with Crippen molar-refractivity contribution in [2.75, 3.05) is 14.2 Å². The van der Waals surface area contributed by atoms with Crippen molar-refractivity contribution in [1.29, 1.82) is 0 Å². The molecule has 2 N–H and O–H groups in total. The van der Waals surface area contributed by atoms with E-state index in [2.05, 4.69) is 21.6 Å². The second kappa shape index (κ2) is 18.6. The summed E-state index contributed by atoms with van der Waals surface area (Å²) in [6.45, 7) is 5.60. The molecular formula is C27H29Cl2FN2O7S. The molecule has 2 heterocycles. The number of hydrogen-bond donors (Lipinski definition) is 2. The van der Waals surface area contributed by atoms with Gasteiger partial charge in [0.25, 0.3) is 11.7 Å². The Bertz CT molecular complexity index is 1360. The highest BCUT2D eigenvalue weighted by atomic mass is 35.5. The standard InChI is InChI=1S/C14H19NO4.C11H6Cl2FNOS.C2H4O2/c1-3-11(16)13-12(17)9-10(19-14(13)18)7-5-4-6-8-15-2;1-2-9-10(13)15-11(17-9)16-6-3-4-8(14)7(12)5-6;1-4-2-3/h6,8-9,15,17H,3-5,7H2,1-2H3;2-5H,1H2;2H,1H3/b8-6+;;. The highest BCUT2D eigenvalue weighted by Crippen LogP contribution is 2.33. The number of hydrogen-bond acceptors (Lipinski definition) is 10. The van der Waals surface area contributed by atoms with Crippen LogP contribution in [0.2, 0.25) is 10.2 Å². The molecule has 0 atom stereocenters. The van der Waals surface area contributed by atoms with Gasteiger partial charge in [0, 0.05) is 32.0 Å². The van der Waals surface area contributed by atoms with Crippen molar-refractivity contribution in [3.63, 3.8) is 0 Å². The first-order valence-electron chi connectivity index (χ1n) is 11.7. The van der Waals surface area contributed by atoms with Crippen LogP contribution in [0.5, 0.6) is 16.7 Å². The van der Waals surface area contributed by atoms with Crippen molar-refractivity contribution in [2.45, 2.75) is 32.6 Å². The largest absolute Gasteiger partial charge is 0.507 e. The Hall–Kier alpha value is -3.67. The number of rotatable bonds is 11. The van der Waals surface area contributed by atoms with Crippen LogP contribution in [0.15, 0.2) is 52.3 Å². The third kappa shape index (κ3) is 11.6. The molecule has 0 radical (unpaired) electrons. The molecule has 0 unspecified atom stereocenters. The number of methoxy groups -OCH3 is 1. The van der Waals surface area contributed by atoms with Gasteiger partial charge in [-0.15, -0.1) is 0 Å². The number of benzene rings is 1. The first-order chi connectivity index (χ1) is 19.1. The summed E-state index contributed by atoms with van der Waals surface area (Å²) in [6, 6.07) is 5.41. The van der Waals surface area contributed by atoms with Gasteiger partial charge in [-0.2, -0.15) is 4.98 Å². The third-order valence-electron chi connectivity index (χ3n) is 4.63. The SMILES string of the molecule is C=Cc1sc(Oc2ccc(F)c(Cl)c2)nc1Cl.CCC(=O)c1c(O)cc(CCC/C=C/NC)oc1=O.COC=O. The van der Waals surface area contributed by atoms with Crippen LogP contribution in [0.3, 0.4) is 0 Å². The maximum atomic E-state index is 12.9. The van der Waals surface area contributed by atoms with E-state index in [0.717, 1.165) is 17.7 Å². The summed E-state index contributed by atoms with van der Waals surface area (Å²) in [5.74, 6) is -0.396. The monoisotopic (exact) mass is 614 g/mol. The molecule has 0 saturated carbocycles. The Labute approximate surface area is 244 Å². The maximum Gasteiger partial charge on any atom is 0.350 e. The second-order valence-electron chi connectivity index (χ2n) is 7.47. The van der Waals surface area contributed by atoms with E-state index in [9.17, 15) is 19.1 Å². The van der Waals surface area contributed by atoms with Crippen LogP contribution >= 0.6 is 34.5 Å². The van der Waals surface area contributed by atoms with Crippen LogP contribution in [0.25, 0.3) is 6.08 Å². The molecule has 3 aromatic rings. The molecule has 1 aromatic carbocycles. The second-order valence-corrected chi connectivity index (χ2v) is 9.23. The lowest BCUT2D eigenvalue weighted by atomic mass is 10.1. The molecule has 216 valence electrons. The number of aromatic nitrogens is 1. The Morgan fingerprint density at radius 3 is 2.55 bits per heavy atom. The molecule has 0 bridgehead atoms. The minimum atomic E-state index is -0.757. The average Bonchev–Trinajstić information content (AvgIpc) is 3.29. The Morgan fingerprint density at radius 2 is 2.02 bits per heavy atom. The lowest BCUT2D eigenvalue weighted by Crippen LogP contribution is -2.14. The normalized spacial score (nSPS) is 10.1. The van der Waals surface area contributed by atoms with E-state index in [-0.39, 0.29) is 22.8 Å². The maximum absolute atomic E-state index is 12.9. The molecule has 0 amide bonds. The minimum Gasteiger partial charge on any atom is -0.507 e. The van der Waals surface area contributed by atoms with Crippen molar-refractivity contribution in [2.24, 2.45) is 0 Å². The van der Waals surface area contributed by atoms with Gasteiger partial charge in [0.15, 0.2) is 10.9 Å². The van der Waals surface area contributed by atoms with Gasteiger partial charge in [0.2, 0.25) is 0 Å². The molecule has 0 aliphatic rings. The van der Waals surface area contributed by atoms with Gasteiger partial charge in [0.1, 0.15) is 28.6 Å². The quantitative estimate of drug-likeness (QED) is 0.136. The highest BCUT2D eigenvalue weighted by molar-refractivity contribution is 7.14. The van der Waals surface area contributed by atoms with Gasteiger partial charge in [0.05, 0.1) is 17.0 Å². The summed E-state index contributed by atoms with van der Waals surface area (Å²) in [6.07, 6.45) is 7.71. The Morgan fingerprint density at radius 1 is 1.32 bits per heavy atom. The van der Waals surface area contributed by atoms with Crippen molar-refractivity contribution in [3.8, 4) is 16.7 Å². The van der Waals surface area contributed by atoms with E-state index in [1.165, 1.54) is 42.7 Å². The third-order valence-corrected chi connectivity index (χ3v) is 6.25. The van der Waals surface area contributed by atoms with Crippen molar-refractivity contribution >= 4 is 52.9 Å². The predicted molar refractivity (Wildman–Crippen MR) is 154 cm³/mol. The smallest absolute Gasteiger partial charge is 0.350 e. The molecule has 3 rings (SSSR count). The fraction of sp³-hybridized carbons (Fsp3) is 0.259. The number of aromatic hydroxyl groups is 1. The van der Waals surface area contributed by atoms with E-state index in [1.807, 2.05) is 19.3 Å². The molecule has 9 nitrogen and oxygen atoms in total. The summed E-state index contributed by atoms with van der Waals surface area (Å²) in [5, 5.41) is 13.3. The van der Waals surface area contributed by atoms with E-state index >= 15 is 0 Å². The Kier molecular flexibility index (Phi) is 16.0. The van der Waals surface area contributed by atoms with Gasteiger partial charge in [-0.05, 0) is 37.3 Å². The lowest BCUT2D eigenvalue weighted by molar-refractivity contribution is -0.126. The number of aryl methyl sites for hydroxylation is 1. The predicted octanol–water partition coefficient (Wildman–Crippen LogP) is 6.81. The summed E-state index contributed by atoms with van der Waals surface area (Å²) in [4.78, 5) is 36.7. The number of nitrogens with one attached hydrogen (secondary N) is 1. The molecule has 2 aromatic heterocycles. The number of carbonyl (C=O) groups excluding carboxylic acids is 2. The van der Waals surface area contributed by atoms with Gasteiger partial charge in [-0.1, -0.05) is 54.1 Å². The molecular weight excluding hydrogens is 586 g/mol. The average molecular weight is 616 g/mol. The molecule has 13 heteroatoms. The number of halogens is 3. The summed E-state index contributed by atoms with van der Waals surface area (Å²) < 4.78 is 27.2. The summed E-state index contributed by atoms with van der Waals surface area (Å²) >= 11 is 12.7. The van der Waals surface area contributed by atoms with Crippen LogP contribution in [0, 0.1) is 5.82 Å². The first kappa shape index (κ1) is 34.4. The molecule has 0 fully saturated rings. The summed E-state index contributed by atoms with van der Waals surface area (Å²) in [5.41, 5.74) is -1.01. The van der Waals surface area contributed by atoms with E-state index in [0.29, 0.717) is 34.7 Å². The number of Topliss-reactive ketones (excluding diaryl/α,β-unsaturated/α-hetero) is 1. The van der Waals surface area contributed by atoms with E-state index in [1.54, 1.807) is 13.0 Å². The topological polar surface area (TPSA) is 128 Å². The Balaban J connectivity index is 0.000000354. The number of thiazole rings is 1. The van der Waals surface area contributed by atoms with Crippen molar-refractivity contribution in [1.82, 2.24) is 10.3 Å². The van der Waals surface area contributed by atoms with Gasteiger partial charge >= 0.3 is 5.63 Å². The number of ether oxygens (including phenoxy) is 2. The van der Waals surface area contributed by atoms with Crippen LogP contribution in [-0.2, 0) is 16.0 Å². The number of ketones is 1. The van der Waals surface area contributed by atoms with Gasteiger partial charge < -0.3 is 24.3 Å². The van der Waals surface area contributed by atoms with Crippen molar-refractivity contribution in [3.05, 3.63) is 85.7 Å².